The van der Waals surface area contributed by atoms with Gasteiger partial charge < -0.3 is 4.74 Å². The SMILES string of the molecule is COc1c(Cl)cc2c(C(C)C)ncnn12. The molecule has 15 heavy (non-hydrogen) atoms. The standard InChI is InChI=1S/C10H12ClN3O/c1-6(2)9-8-4-7(11)10(15-3)14(8)13-5-12-9/h4-6H,1-3H3. The molecule has 0 amide bonds. The summed E-state index contributed by atoms with van der Waals surface area (Å²) in [6.07, 6.45) is 1.52. The fourth-order valence-electron chi connectivity index (χ4n) is 1.59. The van der Waals surface area contributed by atoms with E-state index in [1.165, 1.54) is 6.33 Å². The highest BCUT2D eigenvalue weighted by atomic mass is 35.5. The summed E-state index contributed by atoms with van der Waals surface area (Å²) in [6, 6.07) is 1.83. The van der Waals surface area contributed by atoms with Crippen LogP contribution >= 0.6 is 11.6 Å². The number of hydrogen-bond donors (Lipinski definition) is 0. The van der Waals surface area contributed by atoms with Gasteiger partial charge in [-0.15, -0.1) is 0 Å². The van der Waals surface area contributed by atoms with Crippen LogP contribution in [0.15, 0.2) is 12.4 Å². The van der Waals surface area contributed by atoms with Crippen LogP contribution in [0.5, 0.6) is 5.88 Å². The lowest BCUT2D eigenvalue weighted by Crippen LogP contribution is -2.01. The first kappa shape index (κ1) is 10.2. The average molecular weight is 226 g/mol. The number of ether oxygens (including phenoxy) is 1. The highest BCUT2D eigenvalue weighted by Crippen LogP contribution is 2.30. The van der Waals surface area contributed by atoms with Gasteiger partial charge in [0.1, 0.15) is 11.3 Å². The van der Waals surface area contributed by atoms with Crippen LogP contribution in [-0.2, 0) is 0 Å². The third-order valence-corrected chi connectivity index (χ3v) is 2.53. The Morgan fingerprint density at radius 2 is 2.20 bits per heavy atom. The van der Waals surface area contributed by atoms with Crippen molar-refractivity contribution in [3.05, 3.63) is 23.1 Å². The Morgan fingerprint density at radius 1 is 1.47 bits per heavy atom. The summed E-state index contributed by atoms with van der Waals surface area (Å²) in [5.41, 5.74) is 1.87. The second kappa shape index (κ2) is 3.70. The summed E-state index contributed by atoms with van der Waals surface area (Å²) in [5, 5.41) is 4.67. The van der Waals surface area contributed by atoms with Gasteiger partial charge in [0, 0.05) is 0 Å². The van der Waals surface area contributed by atoms with Gasteiger partial charge in [-0.25, -0.2) is 4.98 Å². The zero-order chi connectivity index (χ0) is 11.0. The lowest BCUT2D eigenvalue weighted by Gasteiger charge is -2.06. The molecule has 0 aliphatic carbocycles. The van der Waals surface area contributed by atoms with Gasteiger partial charge in [0.05, 0.1) is 18.3 Å². The number of fused-ring (bicyclic) bond motifs is 1. The number of rotatable bonds is 2. The second-order valence-electron chi connectivity index (χ2n) is 3.60. The van der Waals surface area contributed by atoms with E-state index in [1.807, 2.05) is 6.07 Å². The molecule has 0 bridgehead atoms. The highest BCUT2D eigenvalue weighted by Gasteiger charge is 2.15. The summed E-state index contributed by atoms with van der Waals surface area (Å²) in [7, 11) is 1.57. The fraction of sp³-hybridized carbons (Fsp3) is 0.400. The van der Waals surface area contributed by atoms with Crippen molar-refractivity contribution in [2.75, 3.05) is 7.11 Å². The lowest BCUT2D eigenvalue weighted by molar-refractivity contribution is 0.387. The van der Waals surface area contributed by atoms with Crippen LogP contribution in [0.4, 0.5) is 0 Å². The maximum atomic E-state index is 6.03. The van der Waals surface area contributed by atoms with Crippen molar-refractivity contribution in [3.8, 4) is 5.88 Å². The summed E-state index contributed by atoms with van der Waals surface area (Å²) in [4.78, 5) is 4.25. The first-order valence-corrected chi connectivity index (χ1v) is 5.09. The van der Waals surface area contributed by atoms with Crippen molar-refractivity contribution in [3.63, 3.8) is 0 Å². The first-order valence-electron chi connectivity index (χ1n) is 4.71. The Bertz CT molecular complexity index is 493. The summed E-state index contributed by atoms with van der Waals surface area (Å²) in [5.74, 6) is 0.877. The molecule has 0 aliphatic heterocycles. The van der Waals surface area contributed by atoms with Gasteiger partial charge in [0.2, 0.25) is 5.88 Å². The van der Waals surface area contributed by atoms with E-state index >= 15 is 0 Å². The molecule has 0 aromatic carbocycles. The maximum Gasteiger partial charge on any atom is 0.234 e. The molecule has 0 aliphatic rings. The fourth-order valence-corrected chi connectivity index (χ4v) is 1.85. The molecule has 2 aromatic rings. The molecule has 0 saturated carbocycles. The highest BCUT2D eigenvalue weighted by molar-refractivity contribution is 6.32. The van der Waals surface area contributed by atoms with Crippen LogP contribution < -0.4 is 4.74 Å². The predicted molar refractivity (Wildman–Crippen MR) is 58.6 cm³/mol. The van der Waals surface area contributed by atoms with E-state index in [0.29, 0.717) is 16.8 Å². The van der Waals surface area contributed by atoms with Gasteiger partial charge >= 0.3 is 0 Å². The quantitative estimate of drug-likeness (QED) is 0.789. The number of nitrogens with zero attached hydrogens (tertiary/aromatic N) is 3. The molecule has 80 valence electrons. The molecular weight excluding hydrogens is 214 g/mol. The smallest absolute Gasteiger partial charge is 0.234 e. The van der Waals surface area contributed by atoms with Crippen LogP contribution in [-0.4, -0.2) is 21.7 Å². The second-order valence-corrected chi connectivity index (χ2v) is 4.01. The van der Waals surface area contributed by atoms with Crippen LogP contribution in [0.25, 0.3) is 5.52 Å². The molecule has 2 heterocycles. The Labute approximate surface area is 92.8 Å². The Morgan fingerprint density at radius 3 is 2.80 bits per heavy atom. The lowest BCUT2D eigenvalue weighted by atomic mass is 10.1. The zero-order valence-electron chi connectivity index (χ0n) is 8.86. The topological polar surface area (TPSA) is 39.4 Å². The van der Waals surface area contributed by atoms with E-state index in [1.54, 1.807) is 11.6 Å². The molecule has 0 saturated heterocycles. The van der Waals surface area contributed by atoms with Crippen LogP contribution in [0, 0.1) is 0 Å². The molecule has 0 unspecified atom stereocenters. The third kappa shape index (κ3) is 1.55. The van der Waals surface area contributed by atoms with Crippen LogP contribution in [0.3, 0.4) is 0 Å². The monoisotopic (exact) mass is 225 g/mol. The van der Waals surface area contributed by atoms with E-state index < -0.39 is 0 Å². The van der Waals surface area contributed by atoms with Gasteiger partial charge in [0.25, 0.3) is 0 Å². The molecule has 2 rings (SSSR count). The normalized spacial score (nSPS) is 11.3. The molecular formula is C10H12ClN3O. The zero-order valence-corrected chi connectivity index (χ0v) is 9.62. The van der Waals surface area contributed by atoms with Gasteiger partial charge in [-0.3, -0.25) is 0 Å². The summed E-state index contributed by atoms with van der Waals surface area (Å²) < 4.78 is 6.85. The van der Waals surface area contributed by atoms with Crippen molar-refractivity contribution < 1.29 is 4.74 Å². The van der Waals surface area contributed by atoms with Crippen molar-refractivity contribution in [1.82, 2.24) is 14.6 Å². The minimum absolute atomic E-state index is 0.325. The molecule has 4 nitrogen and oxygen atoms in total. The van der Waals surface area contributed by atoms with E-state index in [2.05, 4.69) is 23.9 Å². The van der Waals surface area contributed by atoms with E-state index in [0.717, 1.165) is 11.2 Å². The summed E-state index contributed by atoms with van der Waals surface area (Å²) in [6.45, 7) is 4.16. The number of methoxy groups -OCH3 is 1. The van der Waals surface area contributed by atoms with E-state index in [-0.39, 0.29) is 0 Å². The van der Waals surface area contributed by atoms with Gasteiger partial charge in [0.15, 0.2) is 0 Å². The van der Waals surface area contributed by atoms with Crippen molar-refractivity contribution >= 4 is 17.1 Å². The van der Waals surface area contributed by atoms with Crippen LogP contribution in [0.2, 0.25) is 5.02 Å². The molecule has 0 fully saturated rings. The largest absolute Gasteiger partial charge is 0.480 e. The van der Waals surface area contributed by atoms with E-state index in [9.17, 15) is 0 Å². The molecule has 5 heteroatoms. The van der Waals surface area contributed by atoms with Gasteiger partial charge in [-0.1, -0.05) is 25.4 Å². The van der Waals surface area contributed by atoms with Crippen molar-refractivity contribution in [1.29, 1.82) is 0 Å². The first-order chi connectivity index (χ1) is 7.15. The average Bonchev–Trinajstić information content (AvgIpc) is 2.52. The molecule has 0 atom stereocenters. The van der Waals surface area contributed by atoms with Crippen LogP contribution in [0.1, 0.15) is 25.5 Å². The van der Waals surface area contributed by atoms with Gasteiger partial charge in [-0.05, 0) is 12.0 Å². The number of aromatic nitrogens is 3. The minimum Gasteiger partial charge on any atom is -0.480 e. The summed E-state index contributed by atoms with van der Waals surface area (Å²) >= 11 is 6.03. The Balaban J connectivity index is 2.77. The predicted octanol–water partition coefficient (Wildman–Crippen LogP) is 2.51. The van der Waals surface area contributed by atoms with E-state index in [4.69, 9.17) is 16.3 Å². The molecule has 0 spiro atoms. The minimum atomic E-state index is 0.325. The number of hydrogen-bond acceptors (Lipinski definition) is 3. The number of halogens is 1. The Hall–Kier alpha value is -1.29. The molecule has 0 N–H and O–H groups in total. The van der Waals surface area contributed by atoms with Crippen molar-refractivity contribution in [2.24, 2.45) is 0 Å². The molecule has 0 radical (unpaired) electrons. The molecule has 2 aromatic heterocycles. The maximum absolute atomic E-state index is 6.03. The third-order valence-electron chi connectivity index (χ3n) is 2.25. The van der Waals surface area contributed by atoms with Crippen molar-refractivity contribution in [2.45, 2.75) is 19.8 Å². The van der Waals surface area contributed by atoms with Gasteiger partial charge in [-0.2, -0.15) is 9.61 Å². The Kier molecular flexibility index (Phi) is 2.52.